The molecule has 0 aromatic rings. The van der Waals surface area contributed by atoms with Gasteiger partial charge in [0.05, 0.1) is 10.1 Å². The third-order valence-corrected chi connectivity index (χ3v) is 1.57. The van der Waals surface area contributed by atoms with Crippen molar-refractivity contribution in [2.24, 2.45) is 0 Å². The molecule has 0 rings (SSSR count). The van der Waals surface area contributed by atoms with Crippen molar-refractivity contribution in [2.75, 3.05) is 11.5 Å². The predicted octanol–water partition coefficient (Wildman–Crippen LogP) is -0.541. The molecule has 0 aliphatic carbocycles. The van der Waals surface area contributed by atoms with E-state index in [9.17, 15) is 13.0 Å². The second kappa shape index (κ2) is 4.79. The predicted molar refractivity (Wildman–Crippen MR) is 28.4 cm³/mol. The summed E-state index contributed by atoms with van der Waals surface area (Å²) in [6, 6.07) is 0. The molecule has 0 aromatic heterocycles. The molecule has 0 spiro atoms. The Morgan fingerprint density at radius 2 is 1.88 bits per heavy atom. The third-order valence-electron chi connectivity index (χ3n) is 0.341. The molecule has 0 bridgehead atoms. The fourth-order valence-electron chi connectivity index (χ4n) is 0.112. The molecule has 0 amide bonds. The molecular weight excluding hydrogens is 331 g/mol. The van der Waals surface area contributed by atoms with Crippen molar-refractivity contribution in [3.63, 3.8) is 0 Å². The first-order valence-corrected chi connectivity index (χ1v) is 3.81. The van der Waals surface area contributed by atoms with E-state index in [1.165, 1.54) is 0 Å². The summed E-state index contributed by atoms with van der Waals surface area (Å²) in [7, 11) is -4.00. The summed E-state index contributed by atoms with van der Waals surface area (Å²) in [5.74, 6) is -0.276. The van der Waals surface area contributed by atoms with Crippen LogP contribution >= 0.6 is 12.6 Å². The van der Waals surface area contributed by atoms with Crippen molar-refractivity contribution >= 4 is 22.7 Å². The molecule has 6 heteroatoms. The van der Waals surface area contributed by atoms with Gasteiger partial charge in [0.2, 0.25) is 0 Å². The van der Waals surface area contributed by atoms with Gasteiger partial charge in [-0.15, -0.1) is 0 Å². The summed E-state index contributed by atoms with van der Waals surface area (Å²) in [4.78, 5) is 0. The van der Waals surface area contributed by atoms with Crippen LogP contribution in [-0.4, -0.2) is 24.5 Å². The molecule has 3 nitrogen and oxygen atoms in total. The van der Waals surface area contributed by atoms with Crippen molar-refractivity contribution in [1.82, 2.24) is 0 Å². The topological polar surface area (TPSA) is 57.2 Å². The van der Waals surface area contributed by atoms with Gasteiger partial charge in [0, 0.05) is 11.5 Å². The Morgan fingerprint density at radius 3 is 1.88 bits per heavy atom. The molecule has 0 heterocycles. The van der Waals surface area contributed by atoms with Crippen LogP contribution in [0.2, 0.25) is 0 Å². The van der Waals surface area contributed by atoms with Gasteiger partial charge in [0.25, 0.3) is 0 Å². The van der Waals surface area contributed by atoms with Crippen molar-refractivity contribution < 1.29 is 34.0 Å². The molecule has 0 atom stereocenters. The van der Waals surface area contributed by atoms with Crippen LogP contribution in [0.25, 0.3) is 0 Å². The maximum Gasteiger partial charge on any atom is 2.00 e. The summed E-state index contributed by atoms with van der Waals surface area (Å²) in [6.07, 6.45) is 0. The van der Waals surface area contributed by atoms with E-state index in [-0.39, 0.29) is 32.6 Å². The van der Waals surface area contributed by atoms with E-state index < -0.39 is 10.1 Å². The monoisotopic (exact) mass is 336 g/mol. The van der Waals surface area contributed by atoms with Gasteiger partial charge >= 0.3 is 21.1 Å². The quantitative estimate of drug-likeness (QED) is 0.544. The van der Waals surface area contributed by atoms with E-state index in [1.54, 1.807) is 0 Å². The summed E-state index contributed by atoms with van der Waals surface area (Å²) < 4.78 is 28.9. The van der Waals surface area contributed by atoms with E-state index in [2.05, 4.69) is 12.6 Å². The van der Waals surface area contributed by atoms with Crippen LogP contribution in [-0.2, 0) is 31.2 Å². The summed E-state index contributed by atoms with van der Waals surface area (Å²) in [5, 5.41) is 0. The van der Waals surface area contributed by atoms with Crippen molar-refractivity contribution in [2.45, 2.75) is 0 Å². The molecular formula is C2H5O3PtS2+. The van der Waals surface area contributed by atoms with E-state index in [4.69, 9.17) is 0 Å². The van der Waals surface area contributed by atoms with Crippen LogP contribution in [0.1, 0.15) is 0 Å². The Kier molecular flexibility index (Phi) is 7.01. The van der Waals surface area contributed by atoms with Gasteiger partial charge in [-0.2, -0.15) is 12.6 Å². The molecule has 0 aromatic carbocycles. The third kappa shape index (κ3) is 10.0. The number of thiol groups is 1. The molecule has 0 aliphatic heterocycles. The average molecular weight is 336 g/mol. The van der Waals surface area contributed by atoms with E-state index in [0.717, 1.165) is 0 Å². The zero-order chi connectivity index (χ0) is 5.91. The summed E-state index contributed by atoms with van der Waals surface area (Å²) >= 11 is 3.53. The van der Waals surface area contributed by atoms with Gasteiger partial charge in [-0.25, -0.2) is 8.42 Å². The standard InChI is InChI=1S/C2H6O3S2.Pt/c3-7(4,5)2-1-6;/h6H,1-2H2,(H,3,4,5);/q;+2/p-1. The van der Waals surface area contributed by atoms with Gasteiger partial charge in [0.15, 0.2) is 0 Å². The smallest absolute Gasteiger partial charge is 0.748 e. The van der Waals surface area contributed by atoms with Gasteiger partial charge < -0.3 is 4.55 Å². The van der Waals surface area contributed by atoms with Crippen LogP contribution < -0.4 is 0 Å². The maximum atomic E-state index is 9.63. The second-order valence-corrected chi connectivity index (χ2v) is 2.96. The first-order chi connectivity index (χ1) is 3.06. The molecule has 0 fully saturated rings. The Morgan fingerprint density at radius 1 is 1.50 bits per heavy atom. The Balaban J connectivity index is 0. The van der Waals surface area contributed by atoms with Gasteiger partial charge in [0.1, 0.15) is 0 Å². The SMILES string of the molecule is O=S(=O)([O-])CCS.[Pt+2]. The van der Waals surface area contributed by atoms with Gasteiger partial charge in [-0.3, -0.25) is 0 Å². The van der Waals surface area contributed by atoms with Gasteiger partial charge in [-0.1, -0.05) is 0 Å². The molecule has 52 valence electrons. The number of hydrogen-bond donors (Lipinski definition) is 1. The maximum absolute atomic E-state index is 9.63. The minimum Gasteiger partial charge on any atom is -0.748 e. The Bertz CT molecular complexity index is 128. The normalized spacial score (nSPS) is 10.2. The Labute approximate surface area is 68.3 Å². The molecule has 0 N–H and O–H groups in total. The second-order valence-electron chi connectivity index (χ2n) is 0.985. The fraction of sp³-hybridized carbons (Fsp3) is 1.00. The molecule has 0 saturated carbocycles. The van der Waals surface area contributed by atoms with Crippen LogP contribution in [0.15, 0.2) is 0 Å². The van der Waals surface area contributed by atoms with Crippen LogP contribution in [0, 0.1) is 0 Å². The van der Waals surface area contributed by atoms with Crippen LogP contribution in [0.5, 0.6) is 0 Å². The minimum atomic E-state index is -4.00. The number of hydrogen-bond acceptors (Lipinski definition) is 4. The van der Waals surface area contributed by atoms with E-state index in [1.807, 2.05) is 0 Å². The van der Waals surface area contributed by atoms with E-state index >= 15 is 0 Å². The Hall–Kier alpha value is 0.948. The summed E-state index contributed by atoms with van der Waals surface area (Å²) in [5.41, 5.74) is 0. The first kappa shape index (κ1) is 11.7. The zero-order valence-electron chi connectivity index (χ0n) is 3.81. The minimum absolute atomic E-state index is 0. The van der Waals surface area contributed by atoms with Crippen molar-refractivity contribution in [3.8, 4) is 0 Å². The molecule has 0 radical (unpaired) electrons. The largest absolute Gasteiger partial charge is 2.00 e. The first-order valence-electron chi connectivity index (χ1n) is 1.60. The van der Waals surface area contributed by atoms with Crippen molar-refractivity contribution in [3.05, 3.63) is 0 Å². The van der Waals surface area contributed by atoms with Crippen LogP contribution in [0.4, 0.5) is 0 Å². The van der Waals surface area contributed by atoms with E-state index in [0.29, 0.717) is 0 Å². The number of rotatable bonds is 2. The fourth-order valence-corrected chi connectivity index (χ4v) is 1.01. The summed E-state index contributed by atoms with van der Waals surface area (Å²) in [6.45, 7) is 0. The molecule has 0 saturated heterocycles. The van der Waals surface area contributed by atoms with Gasteiger partial charge in [-0.05, 0) is 0 Å². The average Bonchev–Trinajstić information content (AvgIpc) is 1.30. The molecule has 0 aliphatic rings. The van der Waals surface area contributed by atoms with Crippen LogP contribution in [0.3, 0.4) is 0 Å². The van der Waals surface area contributed by atoms with Crippen molar-refractivity contribution in [1.29, 1.82) is 0 Å². The molecule has 8 heavy (non-hydrogen) atoms. The zero-order valence-corrected chi connectivity index (χ0v) is 7.79. The molecule has 0 unspecified atom stereocenters.